The van der Waals surface area contributed by atoms with Gasteiger partial charge in [0.25, 0.3) is 6.43 Å². The molecule has 1 aromatic rings. The van der Waals surface area contributed by atoms with Gasteiger partial charge in [-0.1, -0.05) is 13.0 Å². The molecule has 0 aliphatic rings. The number of hydrogen-bond donors (Lipinski definition) is 1. The lowest BCUT2D eigenvalue weighted by Gasteiger charge is -2.08. The van der Waals surface area contributed by atoms with Gasteiger partial charge in [-0.2, -0.15) is 0 Å². The average molecular weight is 215 g/mol. The van der Waals surface area contributed by atoms with E-state index in [1.165, 1.54) is 18.3 Å². The number of pyridine rings is 1. The maximum absolute atomic E-state index is 12.2. The van der Waals surface area contributed by atoms with Gasteiger partial charge in [0.2, 0.25) is 0 Å². The first-order chi connectivity index (χ1) is 7.00. The summed E-state index contributed by atoms with van der Waals surface area (Å²) in [5.41, 5.74) is 0.364. The van der Waals surface area contributed by atoms with Crippen molar-refractivity contribution in [2.75, 3.05) is 0 Å². The number of nitrogens with zero attached hydrogens (tertiary/aromatic N) is 1. The van der Waals surface area contributed by atoms with Crippen LogP contribution in [0.3, 0.4) is 0 Å². The van der Waals surface area contributed by atoms with Crippen molar-refractivity contribution < 1.29 is 18.7 Å². The van der Waals surface area contributed by atoms with Crippen LogP contribution in [0.4, 0.5) is 8.78 Å². The van der Waals surface area contributed by atoms with E-state index >= 15 is 0 Å². The molecule has 1 unspecified atom stereocenters. The molecule has 3 nitrogen and oxygen atoms in total. The van der Waals surface area contributed by atoms with E-state index in [1.54, 1.807) is 6.92 Å². The van der Waals surface area contributed by atoms with Crippen LogP contribution in [-0.4, -0.2) is 16.1 Å². The molecule has 0 saturated heterocycles. The zero-order chi connectivity index (χ0) is 11.4. The highest BCUT2D eigenvalue weighted by Crippen LogP contribution is 2.21. The second kappa shape index (κ2) is 4.82. The molecule has 0 aromatic carbocycles. The number of aliphatic carboxylic acids is 1. The summed E-state index contributed by atoms with van der Waals surface area (Å²) in [6.45, 7) is 1.72. The summed E-state index contributed by atoms with van der Waals surface area (Å²) in [7, 11) is 0. The zero-order valence-electron chi connectivity index (χ0n) is 8.15. The van der Waals surface area contributed by atoms with Crippen molar-refractivity contribution in [3.63, 3.8) is 0 Å². The van der Waals surface area contributed by atoms with E-state index < -0.39 is 12.4 Å². The molecule has 0 spiro atoms. The largest absolute Gasteiger partial charge is 0.481 e. The second-order valence-electron chi connectivity index (χ2n) is 3.32. The van der Waals surface area contributed by atoms with Crippen LogP contribution >= 0.6 is 0 Å². The van der Waals surface area contributed by atoms with E-state index in [4.69, 9.17) is 5.11 Å². The zero-order valence-corrected chi connectivity index (χ0v) is 8.15. The van der Waals surface area contributed by atoms with Gasteiger partial charge < -0.3 is 5.11 Å². The van der Waals surface area contributed by atoms with Gasteiger partial charge in [-0.05, 0) is 17.5 Å². The maximum atomic E-state index is 12.2. The molecule has 0 bridgehead atoms. The van der Waals surface area contributed by atoms with Gasteiger partial charge in [0.05, 0.1) is 6.42 Å². The Hall–Kier alpha value is -1.52. The first kappa shape index (κ1) is 11.6. The van der Waals surface area contributed by atoms with Gasteiger partial charge >= 0.3 is 5.97 Å². The highest BCUT2D eigenvalue weighted by molar-refractivity contribution is 5.67. The Morgan fingerprint density at radius 1 is 1.53 bits per heavy atom. The molecule has 0 saturated carbocycles. The highest BCUT2D eigenvalue weighted by Gasteiger charge is 2.12. The Morgan fingerprint density at radius 3 is 2.60 bits per heavy atom. The van der Waals surface area contributed by atoms with Gasteiger partial charge in [-0.25, -0.2) is 8.78 Å². The van der Waals surface area contributed by atoms with Gasteiger partial charge in [-0.15, -0.1) is 0 Å². The number of aromatic nitrogens is 1. The number of alkyl halides is 2. The van der Waals surface area contributed by atoms with E-state index in [9.17, 15) is 13.6 Å². The standard InChI is InChI=1S/C10H11F2NO2/c1-6(4-9(14)15)7-2-3-8(10(11)12)13-5-7/h2-3,5-6,10H,4H2,1H3,(H,14,15). The first-order valence-corrected chi connectivity index (χ1v) is 4.46. The van der Waals surface area contributed by atoms with Gasteiger partial charge in [0.1, 0.15) is 5.69 Å². The predicted molar refractivity (Wildman–Crippen MR) is 49.9 cm³/mol. The molecule has 5 heteroatoms. The van der Waals surface area contributed by atoms with Crippen molar-refractivity contribution in [1.29, 1.82) is 0 Å². The third kappa shape index (κ3) is 3.27. The fraction of sp³-hybridized carbons (Fsp3) is 0.400. The van der Waals surface area contributed by atoms with Crippen molar-refractivity contribution in [1.82, 2.24) is 4.98 Å². The van der Waals surface area contributed by atoms with Crippen LogP contribution < -0.4 is 0 Å². The van der Waals surface area contributed by atoms with Crippen LogP contribution in [0.1, 0.15) is 36.9 Å². The predicted octanol–water partition coefficient (Wildman–Crippen LogP) is 2.60. The van der Waals surface area contributed by atoms with Gasteiger partial charge in [0, 0.05) is 6.20 Å². The number of hydrogen-bond acceptors (Lipinski definition) is 2. The van der Waals surface area contributed by atoms with Crippen LogP contribution in [0.2, 0.25) is 0 Å². The molecule has 0 aliphatic carbocycles. The molecule has 1 atom stereocenters. The monoisotopic (exact) mass is 215 g/mol. The number of carbonyl (C=O) groups is 1. The lowest BCUT2D eigenvalue weighted by molar-refractivity contribution is -0.137. The molecule has 0 fully saturated rings. The molecule has 1 N–H and O–H groups in total. The minimum Gasteiger partial charge on any atom is -0.481 e. The SMILES string of the molecule is CC(CC(=O)O)c1ccc(C(F)F)nc1. The Morgan fingerprint density at radius 2 is 2.20 bits per heavy atom. The lowest BCUT2D eigenvalue weighted by atomic mass is 9.99. The quantitative estimate of drug-likeness (QED) is 0.839. The molecular weight excluding hydrogens is 204 g/mol. The second-order valence-corrected chi connectivity index (χ2v) is 3.32. The van der Waals surface area contributed by atoms with Crippen molar-refractivity contribution in [3.8, 4) is 0 Å². The third-order valence-electron chi connectivity index (χ3n) is 2.08. The van der Waals surface area contributed by atoms with Crippen LogP contribution in [0, 0.1) is 0 Å². The molecule has 0 aliphatic heterocycles. The van der Waals surface area contributed by atoms with Crippen LogP contribution in [-0.2, 0) is 4.79 Å². The lowest BCUT2D eigenvalue weighted by Crippen LogP contribution is -2.03. The summed E-state index contributed by atoms with van der Waals surface area (Å²) in [5, 5.41) is 8.55. The molecule has 1 heterocycles. The minimum absolute atomic E-state index is 0.0320. The maximum Gasteiger partial charge on any atom is 0.303 e. The molecule has 15 heavy (non-hydrogen) atoms. The Kier molecular flexibility index (Phi) is 3.71. The van der Waals surface area contributed by atoms with E-state index in [0.717, 1.165) is 0 Å². The topological polar surface area (TPSA) is 50.2 Å². The van der Waals surface area contributed by atoms with Crippen LogP contribution in [0.25, 0.3) is 0 Å². The summed E-state index contributed by atoms with van der Waals surface area (Å²) < 4.78 is 24.3. The van der Waals surface area contributed by atoms with Gasteiger partial charge in [-0.3, -0.25) is 9.78 Å². The molecule has 82 valence electrons. The Labute approximate surface area is 85.8 Å². The van der Waals surface area contributed by atoms with Crippen LogP contribution in [0.5, 0.6) is 0 Å². The van der Waals surface area contributed by atoms with Crippen LogP contribution in [0.15, 0.2) is 18.3 Å². The summed E-state index contributed by atoms with van der Waals surface area (Å²) in [4.78, 5) is 14.0. The molecular formula is C10H11F2NO2. The average Bonchev–Trinajstić information content (AvgIpc) is 2.17. The van der Waals surface area contributed by atoms with E-state index in [0.29, 0.717) is 5.56 Å². The van der Waals surface area contributed by atoms with E-state index in [-0.39, 0.29) is 18.0 Å². The fourth-order valence-electron chi connectivity index (χ4n) is 1.22. The van der Waals surface area contributed by atoms with Crippen molar-refractivity contribution in [3.05, 3.63) is 29.6 Å². The first-order valence-electron chi connectivity index (χ1n) is 4.46. The number of halogens is 2. The third-order valence-corrected chi connectivity index (χ3v) is 2.08. The highest BCUT2D eigenvalue weighted by atomic mass is 19.3. The van der Waals surface area contributed by atoms with Crippen molar-refractivity contribution >= 4 is 5.97 Å². The van der Waals surface area contributed by atoms with E-state index in [2.05, 4.69) is 4.98 Å². The molecule has 1 aromatic heterocycles. The smallest absolute Gasteiger partial charge is 0.303 e. The molecule has 0 radical (unpaired) electrons. The Balaban J connectivity index is 2.75. The number of carboxylic acid groups (broad SMARTS) is 1. The number of rotatable bonds is 4. The van der Waals surface area contributed by atoms with Gasteiger partial charge in [0.15, 0.2) is 0 Å². The van der Waals surface area contributed by atoms with Crippen molar-refractivity contribution in [2.24, 2.45) is 0 Å². The normalized spacial score (nSPS) is 12.8. The minimum atomic E-state index is -2.59. The summed E-state index contributed by atoms with van der Waals surface area (Å²) in [5.74, 6) is -1.14. The number of carboxylic acids is 1. The molecule has 0 amide bonds. The molecule has 1 rings (SSSR count). The van der Waals surface area contributed by atoms with Crippen molar-refractivity contribution in [2.45, 2.75) is 25.7 Å². The summed E-state index contributed by atoms with van der Waals surface area (Å²) >= 11 is 0. The summed E-state index contributed by atoms with van der Waals surface area (Å²) in [6.07, 6.45) is -1.32. The summed E-state index contributed by atoms with van der Waals surface area (Å²) in [6, 6.07) is 2.71. The van der Waals surface area contributed by atoms with E-state index in [1.807, 2.05) is 0 Å². The Bertz CT molecular complexity index is 338. The fourth-order valence-corrected chi connectivity index (χ4v) is 1.22.